The molecule has 4 aromatic rings. The molecule has 0 fully saturated rings. The summed E-state index contributed by atoms with van der Waals surface area (Å²) in [5.41, 5.74) is 1.76. The third-order valence-corrected chi connectivity index (χ3v) is 5.07. The number of fused-ring (bicyclic) bond motifs is 1. The first-order chi connectivity index (χ1) is 15.3. The third-order valence-electron chi connectivity index (χ3n) is 5.07. The van der Waals surface area contributed by atoms with E-state index in [1.807, 2.05) is 18.2 Å². The Kier molecular flexibility index (Phi) is 5.96. The zero-order valence-corrected chi connectivity index (χ0v) is 16.9. The lowest BCUT2D eigenvalue weighted by Gasteiger charge is -2.15. The van der Waals surface area contributed by atoms with Crippen LogP contribution in [0.2, 0.25) is 0 Å². The molecule has 0 aliphatic carbocycles. The molecule has 0 radical (unpaired) electrons. The van der Waals surface area contributed by atoms with Crippen LogP contribution in [0.15, 0.2) is 72.9 Å². The van der Waals surface area contributed by atoms with Gasteiger partial charge in [0.2, 0.25) is 0 Å². The van der Waals surface area contributed by atoms with E-state index in [1.165, 1.54) is 10.7 Å². The Bertz CT molecular complexity index is 1250. The Hall–Kier alpha value is -3.65. The van der Waals surface area contributed by atoms with Crippen molar-refractivity contribution in [1.29, 1.82) is 0 Å². The highest BCUT2D eigenvalue weighted by molar-refractivity contribution is 5.79. The molecular weight excluding hydrogens is 419 g/mol. The van der Waals surface area contributed by atoms with Crippen molar-refractivity contribution < 1.29 is 23.1 Å². The Balaban J connectivity index is 1.64. The molecule has 32 heavy (non-hydrogen) atoms. The molecule has 5 nitrogen and oxygen atoms in total. The van der Waals surface area contributed by atoms with Gasteiger partial charge >= 0.3 is 12.1 Å². The molecule has 0 atom stereocenters. The van der Waals surface area contributed by atoms with Crippen LogP contribution in [0.25, 0.3) is 27.7 Å². The minimum atomic E-state index is -4.51. The number of rotatable bonds is 7. The Morgan fingerprint density at radius 2 is 1.81 bits per heavy atom. The average Bonchev–Trinajstić information content (AvgIpc) is 3.20. The van der Waals surface area contributed by atoms with Crippen LogP contribution in [-0.4, -0.2) is 27.4 Å². The molecule has 2 N–H and O–H groups in total. The van der Waals surface area contributed by atoms with Crippen molar-refractivity contribution in [3.63, 3.8) is 0 Å². The maximum atomic E-state index is 13.8. The highest BCUT2D eigenvalue weighted by Crippen LogP contribution is 2.38. The van der Waals surface area contributed by atoms with E-state index in [0.29, 0.717) is 29.9 Å². The van der Waals surface area contributed by atoms with Gasteiger partial charge in [0.15, 0.2) is 0 Å². The number of alkyl halides is 3. The maximum absolute atomic E-state index is 13.8. The van der Waals surface area contributed by atoms with E-state index >= 15 is 0 Å². The van der Waals surface area contributed by atoms with E-state index in [2.05, 4.69) is 10.4 Å². The average molecular weight is 439 g/mol. The van der Waals surface area contributed by atoms with Gasteiger partial charge in [0, 0.05) is 24.7 Å². The second-order valence-corrected chi connectivity index (χ2v) is 7.38. The molecule has 1 heterocycles. The normalized spacial score (nSPS) is 11.7. The number of hydrogen-bond donors (Lipinski definition) is 2. The van der Waals surface area contributed by atoms with Crippen molar-refractivity contribution in [3.05, 3.63) is 84.1 Å². The number of carbonyl (C=O) groups is 1. The number of carboxylic acid groups (broad SMARTS) is 1. The molecule has 0 aliphatic rings. The van der Waals surface area contributed by atoms with Gasteiger partial charge in [-0.15, -0.1) is 0 Å². The summed E-state index contributed by atoms with van der Waals surface area (Å²) in [5, 5.41) is 17.0. The lowest BCUT2D eigenvalue weighted by atomic mass is 9.98. The van der Waals surface area contributed by atoms with E-state index in [4.69, 9.17) is 5.11 Å². The monoisotopic (exact) mass is 439 g/mol. The highest BCUT2D eigenvalue weighted by atomic mass is 19.4. The smallest absolute Gasteiger partial charge is 0.417 e. The molecule has 0 saturated carbocycles. The van der Waals surface area contributed by atoms with Gasteiger partial charge in [-0.3, -0.25) is 4.79 Å². The van der Waals surface area contributed by atoms with Gasteiger partial charge in [-0.25, -0.2) is 4.68 Å². The number of halogens is 3. The summed E-state index contributed by atoms with van der Waals surface area (Å²) < 4.78 is 42.9. The lowest BCUT2D eigenvalue weighted by Crippen LogP contribution is -2.17. The molecule has 3 aromatic carbocycles. The van der Waals surface area contributed by atoms with Crippen LogP contribution in [-0.2, 0) is 17.5 Å². The van der Waals surface area contributed by atoms with E-state index in [-0.39, 0.29) is 12.0 Å². The summed E-state index contributed by atoms with van der Waals surface area (Å²) in [6.45, 7) is 0.815. The number of aliphatic carboxylic acids is 1. The van der Waals surface area contributed by atoms with Crippen LogP contribution < -0.4 is 5.32 Å². The van der Waals surface area contributed by atoms with Crippen LogP contribution >= 0.6 is 0 Å². The molecule has 0 bridgehead atoms. The molecular formula is C24H20F3N3O2. The molecule has 0 aliphatic heterocycles. The zero-order valence-electron chi connectivity index (χ0n) is 16.9. The number of hydrogen-bond acceptors (Lipinski definition) is 3. The van der Waals surface area contributed by atoms with Gasteiger partial charge in [0.1, 0.15) is 0 Å². The van der Waals surface area contributed by atoms with Gasteiger partial charge in [0.25, 0.3) is 0 Å². The first kappa shape index (κ1) is 21.6. The largest absolute Gasteiger partial charge is 0.481 e. The third kappa shape index (κ3) is 4.81. The number of carboxylic acids is 1. The summed E-state index contributed by atoms with van der Waals surface area (Å²) in [5.74, 6) is -0.872. The number of aromatic nitrogens is 2. The number of nitrogens with one attached hydrogen (secondary N) is 1. The second-order valence-electron chi connectivity index (χ2n) is 7.38. The fourth-order valence-corrected chi connectivity index (χ4v) is 3.51. The lowest BCUT2D eigenvalue weighted by molar-refractivity contribution is -0.137. The van der Waals surface area contributed by atoms with Gasteiger partial charge < -0.3 is 10.4 Å². The number of nitrogens with zero attached hydrogens (tertiary/aromatic N) is 2. The summed E-state index contributed by atoms with van der Waals surface area (Å²) in [6, 6.07) is 18.2. The van der Waals surface area contributed by atoms with Crippen LogP contribution in [0.3, 0.4) is 0 Å². The molecule has 4 rings (SSSR count). The number of benzene rings is 3. The van der Waals surface area contributed by atoms with Crippen molar-refractivity contribution in [2.45, 2.75) is 19.1 Å². The van der Waals surface area contributed by atoms with Gasteiger partial charge in [-0.1, -0.05) is 48.5 Å². The molecule has 0 amide bonds. The molecule has 1 aromatic heterocycles. The van der Waals surface area contributed by atoms with Crippen LogP contribution in [0.5, 0.6) is 0 Å². The minimum absolute atomic E-state index is 0.0252. The highest BCUT2D eigenvalue weighted by Gasteiger charge is 2.34. The first-order valence-electron chi connectivity index (χ1n) is 9.99. The van der Waals surface area contributed by atoms with Crippen molar-refractivity contribution in [2.75, 3.05) is 6.54 Å². The van der Waals surface area contributed by atoms with Gasteiger partial charge in [-0.05, 0) is 34.9 Å². The predicted octanol–water partition coefficient (Wildman–Crippen LogP) is 5.28. The van der Waals surface area contributed by atoms with Gasteiger partial charge in [0.05, 0.1) is 23.2 Å². The summed E-state index contributed by atoms with van der Waals surface area (Å²) in [6.07, 6.45) is -2.80. The predicted molar refractivity (Wildman–Crippen MR) is 115 cm³/mol. The Morgan fingerprint density at radius 3 is 2.53 bits per heavy atom. The molecule has 0 spiro atoms. The zero-order chi connectivity index (χ0) is 22.7. The van der Waals surface area contributed by atoms with E-state index in [1.54, 1.807) is 42.6 Å². The van der Waals surface area contributed by atoms with E-state index in [0.717, 1.165) is 17.0 Å². The van der Waals surface area contributed by atoms with Crippen LogP contribution in [0.4, 0.5) is 13.2 Å². The van der Waals surface area contributed by atoms with E-state index in [9.17, 15) is 18.0 Å². The fraction of sp³-hybridized carbons (Fsp3) is 0.167. The molecule has 0 unspecified atom stereocenters. The minimum Gasteiger partial charge on any atom is -0.481 e. The topological polar surface area (TPSA) is 67.2 Å². The quantitative estimate of drug-likeness (QED) is 0.385. The standard InChI is InChI=1S/C24H20F3N3O2/c25-24(26,27)21-13-19(8-9-20(21)17-4-2-1-3-5-17)30-15-18-7-6-16(12-22(18)29-30)14-28-11-10-23(31)32/h1-9,12-13,15,28H,10-11,14H2,(H,31,32). The SMILES string of the molecule is O=C(O)CCNCc1ccc2cn(-c3ccc(-c4ccccc4)c(C(F)(F)F)c3)nc2c1. The summed E-state index contributed by atoms with van der Waals surface area (Å²) in [7, 11) is 0. The maximum Gasteiger partial charge on any atom is 0.417 e. The van der Waals surface area contributed by atoms with Crippen LogP contribution in [0.1, 0.15) is 17.5 Å². The van der Waals surface area contributed by atoms with Crippen molar-refractivity contribution in [2.24, 2.45) is 0 Å². The van der Waals surface area contributed by atoms with Crippen molar-refractivity contribution >= 4 is 16.9 Å². The van der Waals surface area contributed by atoms with Crippen LogP contribution in [0, 0.1) is 0 Å². The Morgan fingerprint density at radius 1 is 1.03 bits per heavy atom. The molecule has 0 saturated heterocycles. The molecule has 8 heteroatoms. The Labute approximate surface area is 182 Å². The summed E-state index contributed by atoms with van der Waals surface area (Å²) in [4.78, 5) is 10.6. The second kappa shape index (κ2) is 8.84. The van der Waals surface area contributed by atoms with Gasteiger partial charge in [-0.2, -0.15) is 18.3 Å². The first-order valence-corrected chi connectivity index (χ1v) is 9.99. The van der Waals surface area contributed by atoms with E-state index < -0.39 is 17.7 Å². The fourth-order valence-electron chi connectivity index (χ4n) is 3.51. The van der Waals surface area contributed by atoms with Crippen molar-refractivity contribution in [1.82, 2.24) is 15.1 Å². The molecule has 164 valence electrons. The van der Waals surface area contributed by atoms with Crippen molar-refractivity contribution in [3.8, 4) is 16.8 Å². The summed E-state index contributed by atoms with van der Waals surface area (Å²) >= 11 is 0.